The van der Waals surface area contributed by atoms with E-state index in [0.29, 0.717) is 22.5 Å². The van der Waals surface area contributed by atoms with Crippen LogP contribution >= 0.6 is 0 Å². The molecule has 35 heavy (non-hydrogen) atoms. The third-order valence-corrected chi connectivity index (χ3v) is 7.70. The fourth-order valence-electron chi connectivity index (χ4n) is 4.04. The highest BCUT2D eigenvalue weighted by Crippen LogP contribution is 2.27. The Morgan fingerprint density at radius 1 is 1.06 bits per heavy atom. The average molecular weight is 497 g/mol. The van der Waals surface area contributed by atoms with Gasteiger partial charge in [-0.3, -0.25) is 0 Å². The first kappa shape index (κ1) is 23.1. The van der Waals surface area contributed by atoms with Crippen molar-refractivity contribution in [2.75, 3.05) is 50.6 Å². The molecule has 0 aliphatic carbocycles. The number of anilines is 3. The molecule has 5 rings (SSSR count). The van der Waals surface area contributed by atoms with E-state index in [1.807, 2.05) is 4.90 Å². The van der Waals surface area contributed by atoms with Gasteiger partial charge in [-0.15, -0.1) is 0 Å². The second kappa shape index (κ2) is 9.16. The van der Waals surface area contributed by atoms with Crippen LogP contribution in [-0.4, -0.2) is 67.6 Å². The van der Waals surface area contributed by atoms with Crippen LogP contribution in [0.2, 0.25) is 0 Å². The maximum atomic E-state index is 14.9. The van der Waals surface area contributed by atoms with Gasteiger partial charge in [0.15, 0.2) is 5.65 Å². The van der Waals surface area contributed by atoms with Gasteiger partial charge in [0.05, 0.1) is 17.7 Å². The zero-order valence-electron chi connectivity index (χ0n) is 19.3. The second-order valence-corrected chi connectivity index (χ2v) is 10.2. The lowest BCUT2D eigenvalue weighted by Crippen LogP contribution is -2.44. The average Bonchev–Trinajstić information content (AvgIpc) is 3.29. The van der Waals surface area contributed by atoms with E-state index in [1.165, 1.54) is 37.7 Å². The molecule has 0 unspecified atom stereocenters. The summed E-state index contributed by atoms with van der Waals surface area (Å²) in [6.07, 6.45) is 2.96. The largest absolute Gasteiger partial charge is 0.497 e. The van der Waals surface area contributed by atoms with E-state index in [9.17, 15) is 12.8 Å². The molecule has 1 N–H and O–H groups in total. The van der Waals surface area contributed by atoms with Crippen LogP contribution in [0.1, 0.15) is 0 Å². The number of fused-ring (bicyclic) bond motifs is 1. The summed E-state index contributed by atoms with van der Waals surface area (Å²) in [7, 11) is -0.397. The molecule has 1 saturated heterocycles. The molecular formula is C24H25FN6O3S. The summed E-state index contributed by atoms with van der Waals surface area (Å²) in [6, 6.07) is 12.7. The van der Waals surface area contributed by atoms with Gasteiger partial charge in [0, 0.05) is 55.7 Å². The minimum atomic E-state index is -3.92. The van der Waals surface area contributed by atoms with E-state index < -0.39 is 10.0 Å². The minimum absolute atomic E-state index is 0.0732. The first-order valence-corrected chi connectivity index (χ1v) is 12.5. The molecule has 1 aliphatic rings. The minimum Gasteiger partial charge on any atom is -0.497 e. The van der Waals surface area contributed by atoms with E-state index in [2.05, 4.69) is 27.2 Å². The zero-order chi connectivity index (χ0) is 24.6. The van der Waals surface area contributed by atoms with Crippen LogP contribution in [0, 0.1) is 5.82 Å². The number of nitrogens with one attached hydrogen (secondary N) is 1. The summed E-state index contributed by atoms with van der Waals surface area (Å²) in [5.41, 5.74) is 1.23. The highest BCUT2D eigenvalue weighted by atomic mass is 32.2. The number of halogens is 1. The molecule has 0 radical (unpaired) electrons. The fourth-order valence-corrected chi connectivity index (χ4v) is 5.38. The van der Waals surface area contributed by atoms with Crippen molar-refractivity contribution in [3.63, 3.8) is 0 Å². The molecule has 2 aromatic carbocycles. The highest BCUT2D eigenvalue weighted by Gasteiger charge is 2.21. The van der Waals surface area contributed by atoms with Gasteiger partial charge in [-0.1, -0.05) is 6.07 Å². The third-order valence-electron chi connectivity index (χ3n) is 6.04. The van der Waals surface area contributed by atoms with E-state index in [4.69, 9.17) is 4.74 Å². The predicted octanol–water partition coefficient (Wildman–Crippen LogP) is 3.31. The first-order chi connectivity index (χ1) is 16.8. The number of aromatic nitrogens is 3. The van der Waals surface area contributed by atoms with Gasteiger partial charge in [-0.25, -0.2) is 21.8 Å². The number of piperazine rings is 1. The third kappa shape index (κ3) is 4.52. The fraction of sp³-hybridized carbons (Fsp3) is 0.250. The Morgan fingerprint density at radius 2 is 1.86 bits per heavy atom. The maximum Gasteiger partial charge on any atom is 0.269 e. The molecular weight excluding hydrogens is 471 g/mol. The Kier molecular flexibility index (Phi) is 6.03. The van der Waals surface area contributed by atoms with Crippen LogP contribution in [-0.2, 0) is 10.0 Å². The smallest absolute Gasteiger partial charge is 0.269 e. The monoisotopic (exact) mass is 496 g/mol. The molecule has 4 aromatic rings. The van der Waals surface area contributed by atoms with Gasteiger partial charge in [0.2, 0.25) is 5.95 Å². The molecule has 182 valence electrons. The molecule has 0 amide bonds. The summed E-state index contributed by atoms with van der Waals surface area (Å²) in [6.45, 7) is 3.29. The van der Waals surface area contributed by atoms with Crippen molar-refractivity contribution in [3.8, 4) is 5.75 Å². The predicted molar refractivity (Wildman–Crippen MR) is 132 cm³/mol. The normalized spacial score (nSPS) is 14.9. The van der Waals surface area contributed by atoms with Crippen molar-refractivity contribution >= 4 is 38.4 Å². The molecule has 0 atom stereocenters. The summed E-state index contributed by atoms with van der Waals surface area (Å²) in [4.78, 5) is 13.0. The van der Waals surface area contributed by atoms with Crippen molar-refractivity contribution in [2.45, 2.75) is 4.90 Å². The van der Waals surface area contributed by atoms with Crippen molar-refractivity contribution in [1.82, 2.24) is 18.8 Å². The summed E-state index contributed by atoms with van der Waals surface area (Å²) >= 11 is 0. The van der Waals surface area contributed by atoms with Crippen LogP contribution in [0.4, 0.5) is 21.7 Å². The van der Waals surface area contributed by atoms with Gasteiger partial charge in [0.25, 0.3) is 10.0 Å². The Bertz CT molecular complexity index is 1480. The quantitative estimate of drug-likeness (QED) is 0.435. The lowest BCUT2D eigenvalue weighted by Gasteiger charge is -2.34. The van der Waals surface area contributed by atoms with Gasteiger partial charge >= 0.3 is 0 Å². The summed E-state index contributed by atoms with van der Waals surface area (Å²) in [5, 5.41) is 3.54. The van der Waals surface area contributed by atoms with Crippen molar-refractivity contribution in [3.05, 3.63) is 66.7 Å². The van der Waals surface area contributed by atoms with Crippen molar-refractivity contribution in [2.24, 2.45) is 0 Å². The van der Waals surface area contributed by atoms with Crippen LogP contribution in [0.25, 0.3) is 11.0 Å². The maximum absolute atomic E-state index is 14.9. The molecule has 1 fully saturated rings. The molecule has 9 nitrogen and oxygen atoms in total. The molecule has 0 spiro atoms. The van der Waals surface area contributed by atoms with Gasteiger partial charge in [-0.05, 0) is 43.4 Å². The Morgan fingerprint density at radius 3 is 2.60 bits per heavy atom. The van der Waals surface area contributed by atoms with Crippen molar-refractivity contribution in [1.29, 1.82) is 0 Å². The number of hydrogen-bond acceptors (Lipinski definition) is 8. The van der Waals surface area contributed by atoms with Crippen LogP contribution in [0.5, 0.6) is 5.75 Å². The van der Waals surface area contributed by atoms with E-state index in [0.717, 1.165) is 30.2 Å². The lowest BCUT2D eigenvalue weighted by atomic mass is 10.2. The van der Waals surface area contributed by atoms with Crippen LogP contribution in [0.3, 0.4) is 0 Å². The number of rotatable bonds is 6. The summed E-state index contributed by atoms with van der Waals surface area (Å²) in [5.74, 6) is 0.246. The number of benzene rings is 2. The molecule has 3 heterocycles. The van der Waals surface area contributed by atoms with Gasteiger partial charge < -0.3 is 19.9 Å². The van der Waals surface area contributed by atoms with Crippen LogP contribution < -0.4 is 15.0 Å². The standard InChI is InChI=1S/C24H25FN6O3S/c1-29-10-12-30(13-11-29)22-7-6-18(14-21(22)25)27-24-26-16-17-8-9-31(23(17)28-24)35(32,33)20-5-3-4-19(15-20)34-2/h3-9,14-16H,10-13H2,1-2H3,(H,26,27,28). The van der Waals surface area contributed by atoms with E-state index >= 15 is 0 Å². The van der Waals surface area contributed by atoms with E-state index in [-0.39, 0.29) is 22.3 Å². The number of nitrogens with zero attached hydrogens (tertiary/aromatic N) is 5. The molecule has 1 aliphatic heterocycles. The van der Waals surface area contributed by atoms with Crippen LogP contribution in [0.15, 0.2) is 65.8 Å². The topological polar surface area (TPSA) is 92.6 Å². The number of likely N-dealkylation sites (N-methyl/N-ethyl adjacent to an activating group) is 1. The number of methoxy groups -OCH3 is 1. The molecule has 0 saturated carbocycles. The lowest BCUT2D eigenvalue weighted by molar-refractivity contribution is 0.311. The number of hydrogen-bond donors (Lipinski definition) is 1. The molecule has 0 bridgehead atoms. The Balaban J connectivity index is 1.42. The summed E-state index contributed by atoms with van der Waals surface area (Å²) < 4.78 is 47.7. The Hall–Kier alpha value is -3.70. The Labute approximate surface area is 202 Å². The zero-order valence-corrected chi connectivity index (χ0v) is 20.2. The first-order valence-electron chi connectivity index (χ1n) is 11.1. The molecule has 11 heteroatoms. The highest BCUT2D eigenvalue weighted by molar-refractivity contribution is 7.90. The van der Waals surface area contributed by atoms with Gasteiger partial charge in [-0.2, -0.15) is 4.98 Å². The second-order valence-electron chi connectivity index (χ2n) is 8.35. The van der Waals surface area contributed by atoms with E-state index in [1.54, 1.807) is 30.3 Å². The van der Waals surface area contributed by atoms with Crippen molar-refractivity contribution < 1.29 is 17.5 Å². The molecule has 2 aromatic heterocycles. The SMILES string of the molecule is COc1cccc(S(=O)(=O)n2ccc3cnc(Nc4ccc(N5CCN(C)CC5)c(F)c4)nc32)c1. The van der Waals surface area contributed by atoms with Gasteiger partial charge in [0.1, 0.15) is 11.6 Å². The number of ether oxygens (including phenoxy) is 1.